The molecule has 1 fully saturated rings. The molecule has 2 heteroatoms. The van der Waals surface area contributed by atoms with Gasteiger partial charge >= 0.3 is 0 Å². The Labute approximate surface area is 66.9 Å². The normalized spacial score (nSPS) is 30.3. The number of carbonyl (C=O) groups is 1. The third-order valence-electron chi connectivity index (χ3n) is 2.72. The fourth-order valence-electron chi connectivity index (χ4n) is 2.01. The van der Waals surface area contributed by atoms with Crippen LogP contribution in [0.1, 0.15) is 19.3 Å². The lowest BCUT2D eigenvalue weighted by Gasteiger charge is -2.20. The van der Waals surface area contributed by atoms with Gasteiger partial charge in [0.05, 0.1) is 0 Å². The van der Waals surface area contributed by atoms with Crippen molar-refractivity contribution in [2.24, 2.45) is 5.92 Å². The average Bonchev–Trinajstić information content (AvgIpc) is 2.33. The van der Waals surface area contributed by atoms with Gasteiger partial charge in [0.15, 0.2) is 5.78 Å². The predicted octanol–water partition coefficient (Wildman–Crippen LogP) is 1.18. The minimum atomic E-state index is 0.310. The van der Waals surface area contributed by atoms with E-state index in [0.29, 0.717) is 11.7 Å². The van der Waals surface area contributed by atoms with E-state index in [1.165, 1.54) is 12.1 Å². The Balaban J connectivity index is 2.27. The van der Waals surface area contributed by atoms with Crippen molar-refractivity contribution in [2.45, 2.75) is 19.3 Å². The molecular formula is C9H13NO. The summed E-state index contributed by atoms with van der Waals surface area (Å²) in [5.74, 6) is 1.00. The van der Waals surface area contributed by atoms with Crippen molar-refractivity contribution in [3.8, 4) is 0 Å². The molecule has 1 heterocycles. The van der Waals surface area contributed by atoms with Gasteiger partial charge in [-0.2, -0.15) is 0 Å². The number of carbonyl (C=O) groups excluding carboxylic acids is 1. The molecule has 0 saturated carbocycles. The van der Waals surface area contributed by atoms with Crippen LogP contribution in [0, 0.1) is 5.92 Å². The number of hydrogen-bond acceptors (Lipinski definition) is 2. The summed E-state index contributed by atoms with van der Waals surface area (Å²) in [6.45, 7) is 1.13. The zero-order valence-corrected chi connectivity index (χ0v) is 6.84. The van der Waals surface area contributed by atoms with E-state index >= 15 is 0 Å². The lowest BCUT2D eigenvalue weighted by atomic mass is 9.92. The maximum absolute atomic E-state index is 11.0. The van der Waals surface area contributed by atoms with E-state index in [0.717, 1.165) is 19.4 Å². The second-order valence-electron chi connectivity index (χ2n) is 3.48. The van der Waals surface area contributed by atoms with Crippen molar-refractivity contribution in [3.63, 3.8) is 0 Å². The smallest absolute Gasteiger partial charge is 0.157 e. The molecule has 1 aliphatic carbocycles. The van der Waals surface area contributed by atoms with Gasteiger partial charge in [0.2, 0.25) is 0 Å². The van der Waals surface area contributed by atoms with Gasteiger partial charge in [0.25, 0.3) is 0 Å². The molecule has 2 aliphatic rings. The van der Waals surface area contributed by atoms with Crippen molar-refractivity contribution in [3.05, 3.63) is 11.8 Å². The fraction of sp³-hybridized carbons (Fsp3) is 0.667. The van der Waals surface area contributed by atoms with Crippen LogP contribution in [-0.2, 0) is 4.79 Å². The Morgan fingerprint density at radius 1 is 1.55 bits per heavy atom. The molecule has 0 amide bonds. The minimum Gasteiger partial charge on any atom is -0.378 e. The molecule has 0 aromatic heterocycles. The van der Waals surface area contributed by atoms with Gasteiger partial charge < -0.3 is 4.90 Å². The number of rotatable bonds is 0. The van der Waals surface area contributed by atoms with E-state index in [4.69, 9.17) is 0 Å². The average molecular weight is 151 g/mol. The largest absolute Gasteiger partial charge is 0.378 e. The van der Waals surface area contributed by atoms with E-state index in [1.54, 1.807) is 0 Å². The van der Waals surface area contributed by atoms with Crippen LogP contribution in [0.2, 0.25) is 0 Å². The highest BCUT2D eigenvalue weighted by Gasteiger charge is 2.28. The summed E-state index contributed by atoms with van der Waals surface area (Å²) in [5, 5.41) is 0. The van der Waals surface area contributed by atoms with Crippen molar-refractivity contribution < 1.29 is 4.79 Å². The molecule has 1 unspecified atom stereocenters. The number of allylic oxidation sites excluding steroid dienone is 2. The van der Waals surface area contributed by atoms with Crippen LogP contribution in [0.3, 0.4) is 0 Å². The van der Waals surface area contributed by atoms with Gasteiger partial charge in [-0.25, -0.2) is 0 Å². The lowest BCUT2D eigenvalue weighted by Crippen LogP contribution is -2.17. The maximum Gasteiger partial charge on any atom is 0.157 e. The number of nitrogens with zero attached hydrogens (tertiary/aromatic N) is 1. The molecule has 60 valence electrons. The van der Waals surface area contributed by atoms with Crippen molar-refractivity contribution in [1.29, 1.82) is 0 Å². The topological polar surface area (TPSA) is 20.3 Å². The second-order valence-corrected chi connectivity index (χ2v) is 3.48. The minimum absolute atomic E-state index is 0.310. The first-order valence-corrected chi connectivity index (χ1v) is 4.23. The Morgan fingerprint density at radius 3 is 3.18 bits per heavy atom. The Kier molecular flexibility index (Phi) is 1.48. The van der Waals surface area contributed by atoms with Gasteiger partial charge in [0, 0.05) is 37.7 Å². The summed E-state index contributed by atoms with van der Waals surface area (Å²) in [6, 6.07) is 0. The summed E-state index contributed by atoms with van der Waals surface area (Å²) in [6.07, 6.45) is 4.92. The molecule has 1 saturated heterocycles. The van der Waals surface area contributed by atoms with Gasteiger partial charge in [-0.05, 0) is 12.8 Å². The molecule has 0 radical (unpaired) electrons. The van der Waals surface area contributed by atoms with Crippen LogP contribution >= 0.6 is 0 Å². The van der Waals surface area contributed by atoms with E-state index in [-0.39, 0.29) is 0 Å². The molecular weight excluding hydrogens is 138 g/mol. The SMILES string of the molecule is CN1CCC2CCC(=O)C=C21. The highest BCUT2D eigenvalue weighted by molar-refractivity contribution is 5.91. The van der Waals surface area contributed by atoms with Crippen LogP contribution < -0.4 is 0 Å². The van der Waals surface area contributed by atoms with E-state index in [1.807, 2.05) is 6.08 Å². The van der Waals surface area contributed by atoms with Crippen molar-refractivity contribution in [1.82, 2.24) is 4.90 Å². The first kappa shape index (κ1) is 6.89. The number of hydrogen-bond donors (Lipinski definition) is 0. The molecule has 1 aliphatic heterocycles. The quantitative estimate of drug-likeness (QED) is 0.518. The molecule has 2 rings (SSSR count). The Hall–Kier alpha value is -0.790. The van der Waals surface area contributed by atoms with Crippen LogP contribution in [0.15, 0.2) is 11.8 Å². The third kappa shape index (κ3) is 1.06. The van der Waals surface area contributed by atoms with Crippen LogP contribution in [0.4, 0.5) is 0 Å². The highest BCUT2D eigenvalue weighted by Crippen LogP contribution is 2.33. The molecule has 0 aromatic rings. The molecule has 0 spiro atoms. The summed E-state index contributed by atoms with van der Waals surface area (Å²) in [5.41, 5.74) is 1.28. The summed E-state index contributed by atoms with van der Waals surface area (Å²) < 4.78 is 0. The monoisotopic (exact) mass is 151 g/mol. The zero-order valence-electron chi connectivity index (χ0n) is 6.84. The van der Waals surface area contributed by atoms with Gasteiger partial charge in [-0.15, -0.1) is 0 Å². The first-order valence-electron chi connectivity index (χ1n) is 4.23. The maximum atomic E-state index is 11.0. The first-order chi connectivity index (χ1) is 5.27. The van der Waals surface area contributed by atoms with E-state index in [9.17, 15) is 4.79 Å². The van der Waals surface area contributed by atoms with E-state index in [2.05, 4.69) is 11.9 Å². The number of fused-ring (bicyclic) bond motifs is 1. The molecule has 0 aromatic carbocycles. The summed E-state index contributed by atoms with van der Waals surface area (Å²) in [7, 11) is 2.07. The van der Waals surface area contributed by atoms with Crippen molar-refractivity contribution in [2.75, 3.05) is 13.6 Å². The number of likely N-dealkylation sites (tertiary alicyclic amines) is 1. The predicted molar refractivity (Wildman–Crippen MR) is 43.1 cm³/mol. The summed E-state index contributed by atoms with van der Waals surface area (Å²) in [4.78, 5) is 13.3. The number of ketones is 1. The highest BCUT2D eigenvalue weighted by atomic mass is 16.1. The summed E-state index contributed by atoms with van der Waals surface area (Å²) >= 11 is 0. The zero-order chi connectivity index (χ0) is 7.84. The molecule has 0 bridgehead atoms. The van der Waals surface area contributed by atoms with Crippen LogP contribution in [0.25, 0.3) is 0 Å². The molecule has 2 nitrogen and oxygen atoms in total. The Bertz CT molecular complexity index is 220. The van der Waals surface area contributed by atoms with E-state index < -0.39 is 0 Å². The van der Waals surface area contributed by atoms with Crippen LogP contribution in [-0.4, -0.2) is 24.3 Å². The standard InChI is InChI=1S/C9H13NO/c1-10-5-4-7-2-3-8(11)6-9(7)10/h6-7H,2-5H2,1H3. The second kappa shape index (κ2) is 2.36. The molecule has 1 atom stereocenters. The van der Waals surface area contributed by atoms with Gasteiger partial charge in [-0.1, -0.05) is 0 Å². The van der Waals surface area contributed by atoms with Crippen molar-refractivity contribution >= 4 is 5.78 Å². The molecule has 0 N–H and O–H groups in total. The third-order valence-corrected chi connectivity index (χ3v) is 2.72. The fourth-order valence-corrected chi connectivity index (χ4v) is 2.01. The van der Waals surface area contributed by atoms with Gasteiger partial charge in [-0.3, -0.25) is 4.79 Å². The molecule has 11 heavy (non-hydrogen) atoms. The van der Waals surface area contributed by atoms with Gasteiger partial charge in [0.1, 0.15) is 0 Å². The Morgan fingerprint density at radius 2 is 2.36 bits per heavy atom. The lowest BCUT2D eigenvalue weighted by molar-refractivity contribution is -0.115. The van der Waals surface area contributed by atoms with Crippen LogP contribution in [0.5, 0.6) is 0 Å².